The SMILES string of the molecule is CCCCP(CCCC)(CCCC)(CCCC)OC(=O)CNC(C)=O. The molecule has 0 aromatic carbocycles. The number of amides is 1. The van der Waals surface area contributed by atoms with Crippen molar-refractivity contribution in [3.8, 4) is 0 Å². The third kappa shape index (κ3) is 9.03. The van der Waals surface area contributed by atoms with Crippen molar-refractivity contribution in [2.75, 3.05) is 31.2 Å². The van der Waals surface area contributed by atoms with Crippen LogP contribution in [0.4, 0.5) is 0 Å². The van der Waals surface area contributed by atoms with Crippen LogP contribution in [0.25, 0.3) is 0 Å². The summed E-state index contributed by atoms with van der Waals surface area (Å²) < 4.78 is 6.46. The van der Waals surface area contributed by atoms with Crippen LogP contribution in [0.1, 0.15) is 86.0 Å². The summed E-state index contributed by atoms with van der Waals surface area (Å²) in [4.78, 5) is 23.8. The molecule has 0 rings (SSSR count). The van der Waals surface area contributed by atoms with Crippen LogP contribution in [0.3, 0.4) is 0 Å². The van der Waals surface area contributed by atoms with Crippen molar-refractivity contribution in [1.29, 1.82) is 0 Å². The van der Waals surface area contributed by atoms with E-state index in [9.17, 15) is 9.59 Å². The van der Waals surface area contributed by atoms with Gasteiger partial charge in [0.1, 0.15) is 0 Å². The quantitative estimate of drug-likeness (QED) is 0.393. The first kappa shape index (κ1) is 24.4. The van der Waals surface area contributed by atoms with Gasteiger partial charge >= 0.3 is 155 Å². The van der Waals surface area contributed by atoms with Crippen molar-refractivity contribution in [1.82, 2.24) is 5.32 Å². The van der Waals surface area contributed by atoms with Gasteiger partial charge in [-0.1, -0.05) is 0 Å². The van der Waals surface area contributed by atoms with E-state index < -0.39 is 6.83 Å². The molecule has 0 radical (unpaired) electrons. The summed E-state index contributed by atoms with van der Waals surface area (Å²) in [6.07, 6.45) is 13.3. The molecule has 0 aliphatic rings. The van der Waals surface area contributed by atoms with E-state index in [2.05, 4.69) is 33.0 Å². The molecule has 25 heavy (non-hydrogen) atoms. The van der Waals surface area contributed by atoms with Gasteiger partial charge in [0.25, 0.3) is 0 Å². The Kier molecular flexibility index (Phi) is 12.4. The van der Waals surface area contributed by atoms with Crippen LogP contribution in [-0.2, 0) is 14.1 Å². The molecule has 0 saturated heterocycles. The van der Waals surface area contributed by atoms with E-state index in [1.54, 1.807) is 0 Å². The van der Waals surface area contributed by atoms with E-state index in [1.165, 1.54) is 6.92 Å². The first-order valence-electron chi connectivity index (χ1n) is 10.3. The van der Waals surface area contributed by atoms with Crippen LogP contribution in [0.5, 0.6) is 0 Å². The number of hydrogen-bond donors (Lipinski definition) is 1. The zero-order valence-electron chi connectivity index (χ0n) is 17.4. The molecule has 0 aliphatic heterocycles. The molecule has 0 fully saturated rings. The van der Waals surface area contributed by atoms with E-state index in [0.29, 0.717) is 0 Å². The van der Waals surface area contributed by atoms with E-state index >= 15 is 0 Å². The van der Waals surface area contributed by atoms with Gasteiger partial charge < -0.3 is 0 Å². The molecule has 0 atom stereocenters. The van der Waals surface area contributed by atoms with Crippen LogP contribution in [0.15, 0.2) is 0 Å². The van der Waals surface area contributed by atoms with Crippen LogP contribution in [-0.4, -0.2) is 43.1 Å². The van der Waals surface area contributed by atoms with Gasteiger partial charge in [-0.3, -0.25) is 0 Å². The molecule has 150 valence electrons. The Labute approximate surface area is 155 Å². The Bertz CT molecular complexity index is 355. The Morgan fingerprint density at radius 3 is 1.40 bits per heavy atom. The second-order valence-corrected chi connectivity index (χ2v) is 13.2. The van der Waals surface area contributed by atoms with Gasteiger partial charge in [-0.2, -0.15) is 0 Å². The van der Waals surface area contributed by atoms with E-state index in [0.717, 1.165) is 76.0 Å². The van der Waals surface area contributed by atoms with E-state index in [-0.39, 0.29) is 18.4 Å². The fourth-order valence-corrected chi connectivity index (χ4v) is 10.4. The van der Waals surface area contributed by atoms with Gasteiger partial charge in [-0.15, -0.1) is 0 Å². The molecule has 0 aliphatic carbocycles. The summed E-state index contributed by atoms with van der Waals surface area (Å²) in [7, 11) is 0. The van der Waals surface area contributed by atoms with Crippen molar-refractivity contribution in [2.24, 2.45) is 0 Å². The minimum absolute atomic E-state index is 0.00370. The summed E-state index contributed by atoms with van der Waals surface area (Å²) in [5.74, 6) is -0.409. The monoisotopic (exact) mass is 375 g/mol. The summed E-state index contributed by atoms with van der Waals surface area (Å²) >= 11 is 0. The fourth-order valence-electron chi connectivity index (χ4n) is 3.60. The molecule has 0 saturated carbocycles. The maximum atomic E-state index is 12.6. The van der Waals surface area contributed by atoms with Crippen LogP contribution in [0, 0.1) is 0 Å². The summed E-state index contributed by atoms with van der Waals surface area (Å²) in [5.41, 5.74) is 0. The molecular weight excluding hydrogens is 333 g/mol. The molecule has 0 aromatic heterocycles. The molecule has 1 amide bonds. The van der Waals surface area contributed by atoms with E-state index in [1.807, 2.05) is 0 Å². The molecule has 1 N–H and O–H groups in total. The van der Waals surface area contributed by atoms with Crippen LogP contribution < -0.4 is 5.32 Å². The van der Waals surface area contributed by atoms with Crippen LogP contribution >= 0.6 is 6.83 Å². The Morgan fingerprint density at radius 2 is 1.12 bits per heavy atom. The Balaban J connectivity index is 5.63. The second kappa shape index (κ2) is 12.7. The Morgan fingerprint density at radius 1 is 0.760 bits per heavy atom. The molecule has 4 nitrogen and oxygen atoms in total. The Hall–Kier alpha value is -0.630. The average Bonchev–Trinajstić information content (AvgIpc) is 2.60. The third-order valence-electron chi connectivity index (χ3n) is 5.15. The zero-order chi connectivity index (χ0) is 19.2. The van der Waals surface area contributed by atoms with Gasteiger partial charge in [-0.05, 0) is 0 Å². The number of hydrogen-bond acceptors (Lipinski definition) is 3. The van der Waals surface area contributed by atoms with Crippen LogP contribution in [0.2, 0.25) is 0 Å². The predicted octanol–water partition coefficient (Wildman–Crippen LogP) is 5.33. The van der Waals surface area contributed by atoms with Crippen molar-refractivity contribution in [2.45, 2.75) is 86.0 Å². The number of rotatable bonds is 15. The molecular formula is C20H42NO3P. The van der Waals surface area contributed by atoms with Crippen molar-refractivity contribution in [3.63, 3.8) is 0 Å². The first-order valence-corrected chi connectivity index (χ1v) is 13.2. The topological polar surface area (TPSA) is 55.4 Å². The second-order valence-electron chi connectivity index (χ2n) is 7.54. The van der Waals surface area contributed by atoms with Crippen molar-refractivity contribution < 1.29 is 14.1 Å². The molecule has 5 heteroatoms. The standard InChI is InChI=1S/C20H42NO3P/c1-6-10-14-25(15-11-7-2,16-12-8-3,17-13-9-4)24-20(23)18-21-19(5)22/h6-18H2,1-5H3,(H,21,22). The molecule has 0 heterocycles. The fraction of sp³-hybridized carbons (Fsp3) is 0.900. The van der Waals surface area contributed by atoms with Gasteiger partial charge in [-0.25, -0.2) is 0 Å². The van der Waals surface area contributed by atoms with Gasteiger partial charge in [0, 0.05) is 0 Å². The van der Waals surface area contributed by atoms with Crippen molar-refractivity contribution in [3.05, 3.63) is 0 Å². The normalized spacial score (nSPS) is 13.1. The van der Waals surface area contributed by atoms with Gasteiger partial charge in [0.15, 0.2) is 0 Å². The predicted molar refractivity (Wildman–Crippen MR) is 111 cm³/mol. The number of unbranched alkanes of at least 4 members (excludes halogenated alkanes) is 4. The summed E-state index contributed by atoms with van der Waals surface area (Å²) in [5, 5.41) is 2.62. The number of carbonyl (C=O) groups excluding carboxylic acids is 2. The average molecular weight is 376 g/mol. The minimum atomic E-state index is -2.56. The molecule has 0 aromatic rings. The number of carbonyl (C=O) groups is 2. The zero-order valence-corrected chi connectivity index (χ0v) is 18.3. The van der Waals surface area contributed by atoms with E-state index in [4.69, 9.17) is 4.52 Å². The number of nitrogens with one attached hydrogen (secondary N) is 1. The third-order valence-corrected chi connectivity index (χ3v) is 11.7. The van der Waals surface area contributed by atoms with Crippen molar-refractivity contribution >= 4 is 18.7 Å². The van der Waals surface area contributed by atoms with Gasteiger partial charge in [0.2, 0.25) is 0 Å². The molecule has 0 spiro atoms. The summed E-state index contributed by atoms with van der Waals surface area (Å²) in [6, 6.07) is 0. The first-order chi connectivity index (χ1) is 11.9. The maximum absolute atomic E-state index is 12.6. The summed E-state index contributed by atoms with van der Waals surface area (Å²) in [6.45, 7) is 7.73. The van der Waals surface area contributed by atoms with Gasteiger partial charge in [0.05, 0.1) is 0 Å². The molecule has 0 unspecified atom stereocenters. The molecule has 0 bridgehead atoms.